The molecule has 6 heteroatoms. The molecule has 3 N–H and O–H groups in total. The van der Waals surface area contributed by atoms with Gasteiger partial charge in [0.25, 0.3) is 5.91 Å². The van der Waals surface area contributed by atoms with Gasteiger partial charge in [0.15, 0.2) is 0 Å². The average Bonchev–Trinajstić information content (AvgIpc) is 2.84. The Labute approximate surface area is 115 Å². The highest BCUT2D eigenvalue weighted by molar-refractivity contribution is 6.32. The Kier molecular flexibility index (Phi) is 4.06. The van der Waals surface area contributed by atoms with E-state index in [0.717, 1.165) is 5.76 Å². The smallest absolute Gasteiger partial charge is 0.254 e. The Hall–Kier alpha value is -2.01. The van der Waals surface area contributed by atoms with E-state index in [9.17, 15) is 4.79 Å². The topological polar surface area (TPSA) is 81.2 Å². The molecular formula is C13H14ClN3O2. The fourth-order valence-electron chi connectivity index (χ4n) is 1.71. The lowest BCUT2D eigenvalue weighted by Gasteiger charge is -2.13. The molecule has 5 nitrogen and oxygen atoms in total. The van der Waals surface area contributed by atoms with Crippen LogP contribution in [0.1, 0.15) is 23.0 Å². The van der Waals surface area contributed by atoms with Gasteiger partial charge in [-0.3, -0.25) is 4.79 Å². The Balaban J connectivity index is 2.02. The molecule has 1 atom stereocenters. The van der Waals surface area contributed by atoms with Crippen LogP contribution in [0.4, 0.5) is 5.69 Å². The van der Waals surface area contributed by atoms with E-state index in [4.69, 9.17) is 21.8 Å². The van der Waals surface area contributed by atoms with Crippen molar-refractivity contribution in [3.8, 4) is 0 Å². The lowest BCUT2D eigenvalue weighted by Crippen LogP contribution is -2.34. The number of carbonyl (C=O) groups excluding carboxylic acids is 1. The second-order valence-corrected chi connectivity index (χ2v) is 4.62. The third kappa shape index (κ3) is 3.48. The van der Waals surface area contributed by atoms with Gasteiger partial charge in [0.05, 0.1) is 23.7 Å². The summed E-state index contributed by atoms with van der Waals surface area (Å²) >= 11 is 5.87. The number of hydrogen-bond donors (Lipinski definition) is 2. The van der Waals surface area contributed by atoms with Crippen LogP contribution in [-0.2, 0) is 6.42 Å². The normalized spacial score (nSPS) is 12.1. The van der Waals surface area contributed by atoms with Gasteiger partial charge in [0.2, 0.25) is 0 Å². The van der Waals surface area contributed by atoms with Crippen molar-refractivity contribution in [2.75, 3.05) is 5.73 Å². The fourth-order valence-corrected chi connectivity index (χ4v) is 1.90. The predicted molar refractivity (Wildman–Crippen MR) is 73.0 cm³/mol. The van der Waals surface area contributed by atoms with Crippen LogP contribution in [0, 0.1) is 0 Å². The minimum absolute atomic E-state index is 0.0869. The van der Waals surface area contributed by atoms with Crippen molar-refractivity contribution < 1.29 is 9.21 Å². The predicted octanol–water partition coefficient (Wildman–Crippen LogP) is 2.27. The monoisotopic (exact) mass is 279 g/mol. The Bertz CT molecular complexity index is 569. The first kappa shape index (κ1) is 13.4. The number of rotatable bonds is 4. The zero-order chi connectivity index (χ0) is 13.8. The molecule has 2 aromatic rings. The zero-order valence-corrected chi connectivity index (χ0v) is 11.1. The summed E-state index contributed by atoms with van der Waals surface area (Å²) in [5.41, 5.74) is 6.26. The van der Waals surface area contributed by atoms with Gasteiger partial charge in [-0.1, -0.05) is 11.6 Å². The van der Waals surface area contributed by atoms with E-state index >= 15 is 0 Å². The largest absolute Gasteiger partial charge is 0.469 e. The quantitative estimate of drug-likeness (QED) is 0.841. The first-order chi connectivity index (χ1) is 9.06. The molecule has 2 heterocycles. The number of nitrogens with two attached hydrogens (primary N) is 1. The van der Waals surface area contributed by atoms with Gasteiger partial charge in [0.1, 0.15) is 10.9 Å². The second kappa shape index (κ2) is 5.75. The van der Waals surface area contributed by atoms with Crippen LogP contribution in [0.25, 0.3) is 0 Å². The number of hydrogen-bond acceptors (Lipinski definition) is 4. The lowest BCUT2D eigenvalue weighted by atomic mass is 10.1. The highest BCUT2D eigenvalue weighted by atomic mass is 35.5. The van der Waals surface area contributed by atoms with Crippen molar-refractivity contribution in [1.82, 2.24) is 10.3 Å². The number of halogens is 1. The molecule has 0 aromatic carbocycles. The maximum Gasteiger partial charge on any atom is 0.254 e. The number of pyridine rings is 1. The number of nitrogens with one attached hydrogen (secondary N) is 1. The van der Waals surface area contributed by atoms with Crippen LogP contribution in [-0.4, -0.2) is 16.9 Å². The number of aromatic nitrogens is 1. The standard InChI is InChI=1S/C13H14ClN3O2/c1-8(5-10-3-2-4-19-10)17-13(18)11-6-9(15)7-16-12(11)14/h2-4,6-8H,5,15H2,1H3,(H,17,18). The molecule has 0 aliphatic heterocycles. The summed E-state index contributed by atoms with van der Waals surface area (Å²) in [6, 6.07) is 5.08. The van der Waals surface area contributed by atoms with Crippen LogP contribution in [0.2, 0.25) is 5.15 Å². The van der Waals surface area contributed by atoms with Gasteiger partial charge in [-0.15, -0.1) is 0 Å². The molecule has 1 amide bonds. The lowest BCUT2D eigenvalue weighted by molar-refractivity contribution is 0.0939. The molecule has 0 fully saturated rings. The first-order valence-electron chi connectivity index (χ1n) is 5.80. The summed E-state index contributed by atoms with van der Waals surface area (Å²) < 4.78 is 5.22. The zero-order valence-electron chi connectivity index (χ0n) is 10.4. The summed E-state index contributed by atoms with van der Waals surface area (Å²) in [5, 5.41) is 2.96. The third-order valence-corrected chi connectivity index (χ3v) is 2.87. The van der Waals surface area contributed by atoms with Crippen molar-refractivity contribution in [2.45, 2.75) is 19.4 Å². The van der Waals surface area contributed by atoms with Crippen molar-refractivity contribution in [1.29, 1.82) is 0 Å². The van der Waals surface area contributed by atoms with Gasteiger partial charge in [-0.05, 0) is 25.1 Å². The molecule has 0 aliphatic carbocycles. The number of carbonyl (C=O) groups is 1. The van der Waals surface area contributed by atoms with Gasteiger partial charge in [0, 0.05) is 12.5 Å². The fraction of sp³-hybridized carbons (Fsp3) is 0.231. The molecule has 0 saturated carbocycles. The van der Waals surface area contributed by atoms with Crippen LogP contribution < -0.4 is 11.1 Å². The van der Waals surface area contributed by atoms with Crippen LogP contribution in [0.3, 0.4) is 0 Å². The van der Waals surface area contributed by atoms with E-state index in [1.165, 1.54) is 12.3 Å². The molecule has 1 unspecified atom stereocenters. The molecule has 0 aliphatic rings. The number of nitrogen functional groups attached to an aromatic ring is 1. The number of amides is 1. The van der Waals surface area contributed by atoms with Gasteiger partial charge >= 0.3 is 0 Å². The molecule has 2 aromatic heterocycles. The van der Waals surface area contributed by atoms with Crippen molar-refractivity contribution in [2.24, 2.45) is 0 Å². The minimum atomic E-state index is -0.302. The third-order valence-electron chi connectivity index (χ3n) is 2.57. The van der Waals surface area contributed by atoms with E-state index in [-0.39, 0.29) is 22.7 Å². The molecule has 2 rings (SSSR count). The van der Waals surface area contributed by atoms with E-state index in [1.807, 2.05) is 19.1 Å². The number of anilines is 1. The molecule has 19 heavy (non-hydrogen) atoms. The summed E-state index contributed by atoms with van der Waals surface area (Å²) in [7, 11) is 0. The van der Waals surface area contributed by atoms with Crippen molar-refractivity contribution >= 4 is 23.2 Å². The van der Waals surface area contributed by atoms with E-state index in [1.54, 1.807) is 6.26 Å². The van der Waals surface area contributed by atoms with Crippen molar-refractivity contribution in [3.05, 3.63) is 47.1 Å². The van der Waals surface area contributed by atoms with Crippen molar-refractivity contribution in [3.63, 3.8) is 0 Å². The number of furan rings is 1. The van der Waals surface area contributed by atoms with Crippen LogP contribution in [0.5, 0.6) is 0 Å². The highest BCUT2D eigenvalue weighted by Gasteiger charge is 2.15. The second-order valence-electron chi connectivity index (χ2n) is 4.27. The van der Waals surface area contributed by atoms with E-state index in [0.29, 0.717) is 12.1 Å². The minimum Gasteiger partial charge on any atom is -0.469 e. The molecule has 0 radical (unpaired) electrons. The van der Waals surface area contributed by atoms with E-state index < -0.39 is 0 Å². The SMILES string of the molecule is CC(Cc1ccco1)NC(=O)c1cc(N)cnc1Cl. The maximum atomic E-state index is 12.0. The molecule has 0 spiro atoms. The maximum absolute atomic E-state index is 12.0. The van der Waals surface area contributed by atoms with Gasteiger partial charge < -0.3 is 15.5 Å². The Morgan fingerprint density at radius 1 is 1.63 bits per heavy atom. The molecule has 0 saturated heterocycles. The molecule has 100 valence electrons. The van der Waals surface area contributed by atoms with E-state index in [2.05, 4.69) is 10.3 Å². The summed E-state index contributed by atoms with van der Waals surface area (Å²) in [6.45, 7) is 1.88. The Morgan fingerprint density at radius 2 is 2.42 bits per heavy atom. The summed E-state index contributed by atoms with van der Waals surface area (Å²) in [5.74, 6) is 0.508. The summed E-state index contributed by atoms with van der Waals surface area (Å²) in [4.78, 5) is 15.9. The molecular weight excluding hydrogens is 266 g/mol. The van der Waals surface area contributed by atoms with Gasteiger partial charge in [-0.25, -0.2) is 4.98 Å². The highest BCUT2D eigenvalue weighted by Crippen LogP contribution is 2.15. The average molecular weight is 280 g/mol. The van der Waals surface area contributed by atoms with Crippen LogP contribution >= 0.6 is 11.6 Å². The Morgan fingerprint density at radius 3 is 3.11 bits per heavy atom. The van der Waals surface area contributed by atoms with Gasteiger partial charge in [-0.2, -0.15) is 0 Å². The molecule has 0 bridgehead atoms. The first-order valence-corrected chi connectivity index (χ1v) is 6.18. The van der Waals surface area contributed by atoms with Crippen LogP contribution in [0.15, 0.2) is 35.1 Å². The number of nitrogens with zero attached hydrogens (tertiary/aromatic N) is 1. The summed E-state index contributed by atoms with van der Waals surface area (Å²) in [6.07, 6.45) is 3.61.